The molecule has 0 aliphatic rings. The van der Waals surface area contributed by atoms with Gasteiger partial charge in [-0.3, -0.25) is 9.78 Å². The summed E-state index contributed by atoms with van der Waals surface area (Å²) in [5.74, 6) is 0.161. The molecule has 0 saturated carbocycles. The van der Waals surface area contributed by atoms with Crippen molar-refractivity contribution in [2.24, 2.45) is 5.92 Å². The highest BCUT2D eigenvalue weighted by Gasteiger charge is 2.14. The van der Waals surface area contributed by atoms with Gasteiger partial charge in [-0.15, -0.1) is 0 Å². The molecule has 2 aromatic rings. The number of hydrogen-bond donors (Lipinski definition) is 2. The third-order valence-corrected chi connectivity index (χ3v) is 5.09. The number of carbonyl (C=O) groups excluding carboxylic acids is 1. The van der Waals surface area contributed by atoms with Crippen LogP contribution < -0.4 is 10.0 Å². The number of sulfonamides is 1. The lowest BCUT2D eigenvalue weighted by Crippen LogP contribution is -2.26. The van der Waals surface area contributed by atoms with E-state index in [0.717, 1.165) is 12.0 Å². The molecule has 0 aliphatic carbocycles. The van der Waals surface area contributed by atoms with Gasteiger partial charge in [0.05, 0.1) is 4.90 Å². The molecule has 7 heteroatoms. The minimum absolute atomic E-state index is 0.153. The van der Waals surface area contributed by atoms with Crippen molar-refractivity contribution >= 4 is 15.9 Å². The minimum atomic E-state index is -3.54. The summed E-state index contributed by atoms with van der Waals surface area (Å²) in [6.45, 7) is 4.83. The average Bonchev–Trinajstić information content (AvgIpc) is 2.60. The molecule has 2 rings (SSSR count). The van der Waals surface area contributed by atoms with Gasteiger partial charge in [-0.1, -0.05) is 19.9 Å². The fraction of sp³-hybridized carbons (Fsp3) is 0.333. The van der Waals surface area contributed by atoms with Crippen molar-refractivity contribution < 1.29 is 13.2 Å². The van der Waals surface area contributed by atoms with Crippen LogP contribution >= 0.6 is 0 Å². The Hall–Kier alpha value is -2.25. The maximum atomic E-state index is 12.2. The highest BCUT2D eigenvalue weighted by Crippen LogP contribution is 2.11. The molecular weight excluding hydrogens is 338 g/mol. The Morgan fingerprint density at radius 2 is 1.88 bits per heavy atom. The lowest BCUT2D eigenvalue weighted by Gasteiger charge is -2.09. The van der Waals surface area contributed by atoms with Crippen LogP contribution in [0.25, 0.3) is 0 Å². The van der Waals surface area contributed by atoms with Crippen LogP contribution in [0.15, 0.2) is 53.7 Å². The summed E-state index contributed by atoms with van der Waals surface area (Å²) in [6, 6.07) is 9.57. The smallest absolute Gasteiger partial charge is 0.251 e. The topological polar surface area (TPSA) is 88.2 Å². The standard InChI is InChI=1S/C18H23N3O3S/c1-14(2)9-11-21-25(23,24)17-7-5-16(6-8-17)18(22)20-13-15-4-3-10-19-12-15/h3-8,10,12,14,21H,9,11,13H2,1-2H3,(H,20,22). The first kappa shape index (κ1) is 19.1. The van der Waals surface area contributed by atoms with Crippen LogP contribution in [0, 0.1) is 5.92 Å². The molecule has 1 aromatic heterocycles. The van der Waals surface area contributed by atoms with Crippen LogP contribution in [0.5, 0.6) is 0 Å². The molecule has 0 aliphatic heterocycles. The number of nitrogens with one attached hydrogen (secondary N) is 2. The van der Waals surface area contributed by atoms with Gasteiger partial charge >= 0.3 is 0 Å². The molecule has 0 saturated heterocycles. The molecule has 1 aromatic carbocycles. The third-order valence-electron chi connectivity index (χ3n) is 3.62. The fourth-order valence-corrected chi connectivity index (χ4v) is 3.19. The van der Waals surface area contributed by atoms with E-state index in [0.29, 0.717) is 24.6 Å². The summed E-state index contributed by atoms with van der Waals surface area (Å²) < 4.78 is 26.9. The van der Waals surface area contributed by atoms with Crippen molar-refractivity contribution in [1.82, 2.24) is 15.0 Å². The number of benzene rings is 1. The normalized spacial score (nSPS) is 11.5. The van der Waals surface area contributed by atoms with Gasteiger partial charge in [-0.05, 0) is 48.2 Å². The third kappa shape index (κ3) is 5.95. The van der Waals surface area contributed by atoms with Gasteiger partial charge in [-0.2, -0.15) is 0 Å². The second-order valence-electron chi connectivity index (χ2n) is 6.15. The molecule has 2 N–H and O–H groups in total. The number of amides is 1. The predicted molar refractivity (Wildman–Crippen MR) is 96.5 cm³/mol. The Balaban J connectivity index is 1.95. The van der Waals surface area contributed by atoms with Gasteiger partial charge in [0.15, 0.2) is 0 Å². The monoisotopic (exact) mass is 361 g/mol. The van der Waals surface area contributed by atoms with Crippen LogP contribution in [0.1, 0.15) is 36.2 Å². The summed E-state index contributed by atoms with van der Waals surface area (Å²) >= 11 is 0. The van der Waals surface area contributed by atoms with Gasteiger partial charge in [0.25, 0.3) is 5.91 Å². The number of aromatic nitrogens is 1. The largest absolute Gasteiger partial charge is 0.348 e. The van der Waals surface area contributed by atoms with E-state index >= 15 is 0 Å². The van der Waals surface area contributed by atoms with Crippen LogP contribution in [-0.2, 0) is 16.6 Å². The summed E-state index contributed by atoms with van der Waals surface area (Å²) in [5, 5.41) is 2.78. The average molecular weight is 361 g/mol. The maximum absolute atomic E-state index is 12.2. The lowest BCUT2D eigenvalue weighted by atomic mass is 10.1. The van der Waals surface area contributed by atoms with E-state index < -0.39 is 10.0 Å². The number of carbonyl (C=O) groups is 1. The summed E-state index contributed by atoms with van der Waals surface area (Å²) in [6.07, 6.45) is 4.12. The van der Waals surface area contributed by atoms with E-state index in [9.17, 15) is 13.2 Å². The molecule has 0 radical (unpaired) electrons. The highest BCUT2D eigenvalue weighted by atomic mass is 32.2. The zero-order valence-electron chi connectivity index (χ0n) is 14.4. The van der Waals surface area contributed by atoms with E-state index in [4.69, 9.17) is 0 Å². The van der Waals surface area contributed by atoms with Crippen LogP contribution in [-0.4, -0.2) is 25.9 Å². The summed E-state index contributed by atoms with van der Waals surface area (Å²) in [7, 11) is -3.54. The molecule has 0 bridgehead atoms. The first-order valence-electron chi connectivity index (χ1n) is 8.15. The Labute approximate surface area is 148 Å². The molecule has 134 valence electrons. The van der Waals surface area contributed by atoms with Crippen LogP contribution in [0.3, 0.4) is 0 Å². The van der Waals surface area contributed by atoms with Gasteiger partial charge < -0.3 is 5.32 Å². The zero-order chi connectivity index (χ0) is 18.3. The van der Waals surface area contributed by atoms with Gasteiger partial charge in [-0.25, -0.2) is 13.1 Å². The van der Waals surface area contributed by atoms with E-state index in [1.54, 1.807) is 18.5 Å². The van der Waals surface area contributed by atoms with E-state index in [2.05, 4.69) is 15.0 Å². The second kappa shape index (κ2) is 8.73. The van der Waals surface area contributed by atoms with E-state index in [-0.39, 0.29) is 10.8 Å². The van der Waals surface area contributed by atoms with Crippen molar-refractivity contribution in [2.45, 2.75) is 31.7 Å². The number of rotatable bonds is 8. The molecular formula is C18H23N3O3S. The molecule has 1 amide bonds. The van der Waals surface area contributed by atoms with Gasteiger partial charge in [0.1, 0.15) is 0 Å². The maximum Gasteiger partial charge on any atom is 0.251 e. The number of pyridine rings is 1. The number of hydrogen-bond acceptors (Lipinski definition) is 4. The fourth-order valence-electron chi connectivity index (χ4n) is 2.14. The zero-order valence-corrected chi connectivity index (χ0v) is 15.2. The Morgan fingerprint density at radius 1 is 1.16 bits per heavy atom. The lowest BCUT2D eigenvalue weighted by molar-refractivity contribution is 0.0951. The molecule has 6 nitrogen and oxygen atoms in total. The first-order chi connectivity index (χ1) is 11.9. The second-order valence-corrected chi connectivity index (χ2v) is 7.92. The van der Waals surface area contributed by atoms with Crippen molar-refractivity contribution in [3.8, 4) is 0 Å². The molecule has 25 heavy (non-hydrogen) atoms. The quantitative estimate of drug-likeness (QED) is 0.755. The van der Waals surface area contributed by atoms with Crippen molar-refractivity contribution in [1.29, 1.82) is 0 Å². The SMILES string of the molecule is CC(C)CCNS(=O)(=O)c1ccc(C(=O)NCc2cccnc2)cc1. The summed E-state index contributed by atoms with van der Waals surface area (Å²) in [4.78, 5) is 16.3. The molecule has 0 atom stereocenters. The van der Waals surface area contributed by atoms with Crippen LogP contribution in [0.2, 0.25) is 0 Å². The van der Waals surface area contributed by atoms with Crippen LogP contribution in [0.4, 0.5) is 0 Å². The molecule has 0 spiro atoms. The van der Waals surface area contributed by atoms with E-state index in [1.807, 2.05) is 19.9 Å². The predicted octanol–water partition coefficient (Wildman–Crippen LogP) is 2.34. The molecule has 1 heterocycles. The van der Waals surface area contributed by atoms with Gasteiger partial charge in [0, 0.05) is 31.0 Å². The Morgan fingerprint density at radius 3 is 2.48 bits per heavy atom. The first-order valence-corrected chi connectivity index (χ1v) is 9.63. The summed E-state index contributed by atoms with van der Waals surface area (Å²) in [5.41, 5.74) is 1.30. The molecule has 0 unspecified atom stereocenters. The Kier molecular flexibility index (Phi) is 6.66. The molecule has 0 fully saturated rings. The Bertz CT molecular complexity index is 788. The van der Waals surface area contributed by atoms with Crippen molar-refractivity contribution in [3.63, 3.8) is 0 Å². The van der Waals surface area contributed by atoms with Crippen molar-refractivity contribution in [3.05, 3.63) is 59.9 Å². The minimum Gasteiger partial charge on any atom is -0.348 e. The highest BCUT2D eigenvalue weighted by molar-refractivity contribution is 7.89. The van der Waals surface area contributed by atoms with E-state index in [1.165, 1.54) is 24.3 Å². The number of nitrogens with zero attached hydrogens (tertiary/aromatic N) is 1. The van der Waals surface area contributed by atoms with Gasteiger partial charge in [0.2, 0.25) is 10.0 Å². The van der Waals surface area contributed by atoms with Crippen molar-refractivity contribution in [2.75, 3.05) is 6.54 Å².